The van der Waals surface area contributed by atoms with Crippen molar-refractivity contribution in [1.29, 1.82) is 0 Å². The smallest absolute Gasteiger partial charge is 0.0642 e. The first-order valence-electron chi connectivity index (χ1n) is 6.50. The molecule has 0 bridgehead atoms. The lowest BCUT2D eigenvalue weighted by atomic mass is 10.1. The minimum Gasteiger partial charge on any atom is -0.367 e. The van der Waals surface area contributed by atoms with Gasteiger partial charge < -0.3 is 10.6 Å². The second-order valence-electron chi connectivity index (χ2n) is 4.80. The predicted octanol–water partition coefficient (Wildman–Crippen LogP) is 4.65. The lowest BCUT2D eigenvalue weighted by Crippen LogP contribution is -2.22. The Kier molecular flexibility index (Phi) is 4.92. The summed E-state index contributed by atoms with van der Waals surface area (Å²) in [4.78, 5) is 2.11. The van der Waals surface area contributed by atoms with E-state index in [-0.39, 0.29) is 6.04 Å². The van der Waals surface area contributed by atoms with Crippen LogP contribution in [0.2, 0.25) is 10.0 Å². The molecule has 0 aliphatic rings. The molecular formula is C16H18Cl2N2. The van der Waals surface area contributed by atoms with E-state index in [1.165, 1.54) is 0 Å². The third kappa shape index (κ3) is 3.09. The number of halogens is 2. The number of hydrogen-bond donors (Lipinski definition) is 1. The molecule has 1 atom stereocenters. The van der Waals surface area contributed by atoms with E-state index < -0.39 is 0 Å². The molecule has 2 aromatic carbocycles. The van der Waals surface area contributed by atoms with Crippen LogP contribution >= 0.6 is 23.2 Å². The lowest BCUT2D eigenvalue weighted by molar-refractivity contribution is 0.740. The number of nitrogens with two attached hydrogens (primary N) is 1. The molecule has 2 rings (SSSR count). The maximum atomic E-state index is 6.34. The molecule has 106 valence electrons. The van der Waals surface area contributed by atoms with Crippen LogP contribution < -0.4 is 10.6 Å². The summed E-state index contributed by atoms with van der Waals surface area (Å²) in [7, 11) is 2.01. The Morgan fingerprint density at radius 3 is 2.40 bits per heavy atom. The van der Waals surface area contributed by atoms with E-state index >= 15 is 0 Å². The fraction of sp³-hybridized carbons (Fsp3) is 0.250. The molecule has 0 aromatic heterocycles. The standard InChI is InChI=1S/C16H18Cl2N2/c1-11(13-5-3-4-6-14(13)17)20(2)16-8-7-12(10-19)9-15(16)18/h3-9,11H,10,19H2,1-2H3. The summed E-state index contributed by atoms with van der Waals surface area (Å²) in [6.07, 6.45) is 0. The normalized spacial score (nSPS) is 12.2. The van der Waals surface area contributed by atoms with Gasteiger partial charge in [0.1, 0.15) is 0 Å². The molecule has 2 N–H and O–H groups in total. The van der Waals surface area contributed by atoms with Crippen LogP contribution in [0.4, 0.5) is 5.69 Å². The molecule has 0 heterocycles. The van der Waals surface area contributed by atoms with Crippen LogP contribution in [0.5, 0.6) is 0 Å². The van der Waals surface area contributed by atoms with Crippen LogP contribution in [0.1, 0.15) is 24.1 Å². The van der Waals surface area contributed by atoms with Crippen molar-refractivity contribution in [3.8, 4) is 0 Å². The fourth-order valence-electron chi connectivity index (χ4n) is 2.19. The zero-order valence-corrected chi connectivity index (χ0v) is 13.1. The van der Waals surface area contributed by atoms with E-state index in [4.69, 9.17) is 28.9 Å². The molecule has 0 saturated heterocycles. The third-order valence-electron chi connectivity index (χ3n) is 3.56. The number of hydrogen-bond acceptors (Lipinski definition) is 2. The number of rotatable bonds is 4. The highest BCUT2D eigenvalue weighted by Gasteiger charge is 2.17. The van der Waals surface area contributed by atoms with E-state index in [0.717, 1.165) is 21.8 Å². The molecule has 0 aliphatic carbocycles. The first-order valence-corrected chi connectivity index (χ1v) is 7.26. The summed E-state index contributed by atoms with van der Waals surface area (Å²) in [5, 5.41) is 1.47. The van der Waals surface area contributed by atoms with Crippen LogP contribution in [0.15, 0.2) is 42.5 Å². The third-order valence-corrected chi connectivity index (χ3v) is 4.21. The van der Waals surface area contributed by atoms with Gasteiger partial charge >= 0.3 is 0 Å². The number of nitrogens with zero attached hydrogens (tertiary/aromatic N) is 1. The monoisotopic (exact) mass is 308 g/mol. The van der Waals surface area contributed by atoms with Crippen molar-refractivity contribution in [2.24, 2.45) is 5.73 Å². The van der Waals surface area contributed by atoms with Crippen molar-refractivity contribution < 1.29 is 0 Å². The highest BCUT2D eigenvalue weighted by molar-refractivity contribution is 6.33. The average molecular weight is 309 g/mol. The predicted molar refractivity (Wildman–Crippen MR) is 87.6 cm³/mol. The van der Waals surface area contributed by atoms with Gasteiger partial charge in [0.2, 0.25) is 0 Å². The van der Waals surface area contributed by atoms with Crippen molar-refractivity contribution >= 4 is 28.9 Å². The topological polar surface area (TPSA) is 29.3 Å². The first kappa shape index (κ1) is 15.2. The molecule has 0 amide bonds. The Morgan fingerprint density at radius 2 is 1.80 bits per heavy atom. The van der Waals surface area contributed by atoms with Gasteiger partial charge in [0.15, 0.2) is 0 Å². The van der Waals surface area contributed by atoms with Gasteiger partial charge in [-0.3, -0.25) is 0 Å². The molecule has 2 nitrogen and oxygen atoms in total. The zero-order valence-electron chi connectivity index (χ0n) is 11.6. The Balaban J connectivity index is 2.31. The molecule has 0 saturated carbocycles. The van der Waals surface area contributed by atoms with Crippen LogP contribution in [0.3, 0.4) is 0 Å². The van der Waals surface area contributed by atoms with Gasteiger partial charge in [-0.2, -0.15) is 0 Å². The zero-order chi connectivity index (χ0) is 14.7. The van der Waals surface area contributed by atoms with Gasteiger partial charge in [-0.25, -0.2) is 0 Å². The Labute approximate surface area is 130 Å². The summed E-state index contributed by atoms with van der Waals surface area (Å²) < 4.78 is 0. The molecular weight excluding hydrogens is 291 g/mol. The van der Waals surface area contributed by atoms with Crippen LogP contribution in [-0.2, 0) is 6.54 Å². The van der Waals surface area contributed by atoms with Crippen molar-refractivity contribution in [2.45, 2.75) is 19.5 Å². The molecule has 0 aliphatic heterocycles. The Hall–Kier alpha value is -1.22. The number of benzene rings is 2. The van der Waals surface area contributed by atoms with Gasteiger partial charge in [-0.05, 0) is 36.2 Å². The van der Waals surface area contributed by atoms with Crippen molar-refractivity contribution in [1.82, 2.24) is 0 Å². The van der Waals surface area contributed by atoms with E-state index in [1.54, 1.807) is 0 Å². The van der Waals surface area contributed by atoms with Gasteiger partial charge in [-0.15, -0.1) is 0 Å². The van der Waals surface area contributed by atoms with Gasteiger partial charge in [0, 0.05) is 18.6 Å². The summed E-state index contributed by atoms with van der Waals surface area (Å²) in [5.74, 6) is 0. The van der Waals surface area contributed by atoms with Crippen LogP contribution in [0.25, 0.3) is 0 Å². The Morgan fingerprint density at radius 1 is 1.10 bits per heavy atom. The fourth-order valence-corrected chi connectivity index (χ4v) is 2.82. The molecule has 1 unspecified atom stereocenters. The highest BCUT2D eigenvalue weighted by Crippen LogP contribution is 2.34. The minimum absolute atomic E-state index is 0.130. The van der Waals surface area contributed by atoms with Crippen molar-refractivity contribution in [3.05, 3.63) is 63.6 Å². The van der Waals surface area contributed by atoms with E-state index in [9.17, 15) is 0 Å². The van der Waals surface area contributed by atoms with Crippen molar-refractivity contribution in [3.63, 3.8) is 0 Å². The van der Waals surface area contributed by atoms with Gasteiger partial charge in [0.05, 0.1) is 16.8 Å². The Bertz CT molecular complexity index is 599. The molecule has 2 aromatic rings. The molecule has 0 spiro atoms. The largest absolute Gasteiger partial charge is 0.367 e. The summed E-state index contributed by atoms with van der Waals surface area (Å²) in [5.41, 5.74) is 8.70. The van der Waals surface area contributed by atoms with Crippen molar-refractivity contribution in [2.75, 3.05) is 11.9 Å². The van der Waals surface area contributed by atoms with Crippen LogP contribution in [-0.4, -0.2) is 7.05 Å². The quantitative estimate of drug-likeness (QED) is 0.891. The molecule has 4 heteroatoms. The first-order chi connectivity index (χ1) is 9.54. The maximum absolute atomic E-state index is 6.34. The van der Waals surface area contributed by atoms with Gasteiger partial charge in [0.25, 0.3) is 0 Å². The van der Waals surface area contributed by atoms with E-state index in [0.29, 0.717) is 11.6 Å². The van der Waals surface area contributed by atoms with E-state index in [2.05, 4.69) is 11.8 Å². The second-order valence-corrected chi connectivity index (χ2v) is 5.61. The van der Waals surface area contributed by atoms with E-state index in [1.807, 2.05) is 49.5 Å². The summed E-state index contributed by atoms with van der Waals surface area (Å²) in [6, 6.07) is 13.9. The summed E-state index contributed by atoms with van der Waals surface area (Å²) in [6.45, 7) is 2.60. The minimum atomic E-state index is 0.130. The van der Waals surface area contributed by atoms with Gasteiger partial charge in [-0.1, -0.05) is 47.5 Å². The molecule has 0 radical (unpaired) electrons. The summed E-state index contributed by atoms with van der Waals surface area (Å²) >= 11 is 12.6. The highest BCUT2D eigenvalue weighted by atomic mass is 35.5. The average Bonchev–Trinajstić information content (AvgIpc) is 2.46. The SMILES string of the molecule is CC(c1ccccc1Cl)N(C)c1ccc(CN)cc1Cl. The lowest BCUT2D eigenvalue weighted by Gasteiger charge is -2.29. The maximum Gasteiger partial charge on any atom is 0.0642 e. The molecule has 20 heavy (non-hydrogen) atoms. The van der Waals surface area contributed by atoms with Crippen LogP contribution in [0, 0.1) is 0 Å². The molecule has 0 fully saturated rings. The second kappa shape index (κ2) is 6.49. The number of anilines is 1.